The van der Waals surface area contributed by atoms with Crippen LogP contribution in [0.3, 0.4) is 0 Å². The second-order valence-corrected chi connectivity index (χ2v) is 8.99. The summed E-state index contributed by atoms with van der Waals surface area (Å²) in [5.74, 6) is -0.0995. The van der Waals surface area contributed by atoms with Crippen LogP contribution in [-0.2, 0) is 16.1 Å². The largest absolute Gasteiger partial charge is 0.495 e. The van der Waals surface area contributed by atoms with Crippen molar-refractivity contribution in [3.8, 4) is 5.75 Å². The molecule has 2 saturated heterocycles. The van der Waals surface area contributed by atoms with Crippen molar-refractivity contribution in [1.29, 1.82) is 0 Å². The van der Waals surface area contributed by atoms with Crippen LogP contribution < -0.4 is 15.2 Å². The zero-order valence-electron chi connectivity index (χ0n) is 19.5. The molecule has 2 aliphatic rings. The van der Waals surface area contributed by atoms with E-state index in [0.29, 0.717) is 60.5 Å². The molecule has 4 heterocycles. The molecule has 2 aromatic heterocycles. The molecule has 0 aliphatic carbocycles. The van der Waals surface area contributed by atoms with Gasteiger partial charge in [0.05, 0.1) is 36.6 Å². The lowest BCUT2D eigenvalue weighted by molar-refractivity contribution is -0.135. The minimum absolute atomic E-state index is 0.132. The molecule has 0 N–H and O–H groups in total. The van der Waals surface area contributed by atoms with Crippen LogP contribution in [0.1, 0.15) is 18.4 Å². The standard InChI is InChI=1S/C25H25FN4O5/c1-16-3-4-17(11-19(16)26)30-15-25(35-24(30)33)7-9-28(10-8-25)23(32)14-29-21-12-18(34-2)13-27-20(21)5-6-22(29)31/h3-6,11-13H,7-10,14-15H2,1-2H3. The predicted octanol–water partition coefficient (Wildman–Crippen LogP) is 2.87. The van der Waals surface area contributed by atoms with Gasteiger partial charge in [-0.3, -0.25) is 24.0 Å². The van der Waals surface area contributed by atoms with Gasteiger partial charge < -0.3 is 14.4 Å². The van der Waals surface area contributed by atoms with Crippen LogP contribution >= 0.6 is 0 Å². The Morgan fingerprint density at radius 2 is 1.94 bits per heavy atom. The summed E-state index contributed by atoms with van der Waals surface area (Å²) >= 11 is 0. The molecule has 0 saturated carbocycles. The molecule has 35 heavy (non-hydrogen) atoms. The fourth-order valence-electron chi connectivity index (χ4n) is 4.65. The molecule has 0 atom stereocenters. The van der Waals surface area contributed by atoms with Gasteiger partial charge >= 0.3 is 6.09 Å². The third-order valence-corrected chi connectivity index (χ3v) is 6.81. The van der Waals surface area contributed by atoms with E-state index in [9.17, 15) is 18.8 Å². The summed E-state index contributed by atoms with van der Waals surface area (Å²) in [5.41, 5.74) is 1.02. The Kier molecular flexibility index (Phi) is 5.66. The maximum Gasteiger partial charge on any atom is 0.415 e. The molecule has 0 bridgehead atoms. The first-order valence-corrected chi connectivity index (χ1v) is 11.4. The number of likely N-dealkylation sites (tertiary alicyclic amines) is 1. The second-order valence-electron chi connectivity index (χ2n) is 8.99. The van der Waals surface area contributed by atoms with Gasteiger partial charge in [-0.2, -0.15) is 0 Å². The molecule has 2 fully saturated rings. The number of carbonyl (C=O) groups is 2. The smallest absolute Gasteiger partial charge is 0.415 e. The Labute approximate surface area is 200 Å². The number of pyridine rings is 2. The van der Waals surface area contributed by atoms with Gasteiger partial charge in [-0.25, -0.2) is 9.18 Å². The number of hydrogen-bond donors (Lipinski definition) is 0. The average Bonchev–Trinajstić information content (AvgIpc) is 3.18. The van der Waals surface area contributed by atoms with E-state index in [2.05, 4.69) is 4.98 Å². The average molecular weight is 480 g/mol. The summed E-state index contributed by atoms with van der Waals surface area (Å²) < 4.78 is 26.4. The Hall–Kier alpha value is -3.95. The topological polar surface area (TPSA) is 94.0 Å². The third-order valence-electron chi connectivity index (χ3n) is 6.81. The zero-order valence-corrected chi connectivity index (χ0v) is 19.5. The quantitative estimate of drug-likeness (QED) is 0.570. The van der Waals surface area contributed by atoms with E-state index in [0.717, 1.165) is 0 Å². The Morgan fingerprint density at radius 1 is 1.17 bits per heavy atom. The fourth-order valence-corrected chi connectivity index (χ4v) is 4.65. The van der Waals surface area contributed by atoms with Crippen molar-refractivity contribution in [2.24, 2.45) is 0 Å². The summed E-state index contributed by atoms with van der Waals surface area (Å²) in [6.45, 7) is 2.58. The maximum absolute atomic E-state index is 14.0. The number of anilines is 1. The number of aromatic nitrogens is 2. The molecular formula is C25H25FN4O5. The lowest BCUT2D eigenvalue weighted by atomic mass is 9.91. The summed E-state index contributed by atoms with van der Waals surface area (Å²) in [5, 5.41) is 0. The van der Waals surface area contributed by atoms with E-state index in [1.54, 1.807) is 42.3 Å². The van der Waals surface area contributed by atoms with Crippen LogP contribution in [0.5, 0.6) is 5.75 Å². The lowest BCUT2D eigenvalue weighted by Gasteiger charge is -2.37. The van der Waals surface area contributed by atoms with Gasteiger partial charge in [-0.05, 0) is 30.7 Å². The Morgan fingerprint density at radius 3 is 2.66 bits per heavy atom. The highest BCUT2D eigenvalue weighted by atomic mass is 19.1. The van der Waals surface area contributed by atoms with Gasteiger partial charge in [-0.15, -0.1) is 0 Å². The number of aryl methyl sites for hydroxylation is 1. The number of halogens is 1. The van der Waals surface area contributed by atoms with E-state index in [4.69, 9.17) is 9.47 Å². The van der Waals surface area contributed by atoms with Crippen LogP contribution in [-0.4, -0.2) is 58.8 Å². The molecule has 0 unspecified atom stereocenters. The van der Waals surface area contributed by atoms with E-state index < -0.39 is 11.7 Å². The molecule has 182 valence electrons. The van der Waals surface area contributed by atoms with E-state index in [1.807, 2.05) is 0 Å². The Balaban J connectivity index is 1.28. The molecule has 1 aromatic carbocycles. The van der Waals surface area contributed by atoms with Crippen molar-refractivity contribution in [2.45, 2.75) is 31.9 Å². The number of rotatable bonds is 4. The number of fused-ring (bicyclic) bond motifs is 1. The second kappa shape index (κ2) is 8.68. The maximum atomic E-state index is 14.0. The first-order valence-electron chi connectivity index (χ1n) is 11.4. The molecule has 2 amide bonds. The number of amides is 2. The van der Waals surface area contributed by atoms with Crippen LogP contribution in [0.15, 0.2) is 47.4 Å². The van der Waals surface area contributed by atoms with Gasteiger partial charge in [0.1, 0.15) is 23.7 Å². The van der Waals surface area contributed by atoms with Crippen molar-refractivity contribution in [3.63, 3.8) is 0 Å². The number of carbonyl (C=O) groups excluding carboxylic acids is 2. The zero-order chi connectivity index (χ0) is 24.7. The Bertz CT molecular complexity index is 1380. The molecule has 9 nitrogen and oxygen atoms in total. The van der Waals surface area contributed by atoms with Crippen LogP contribution in [0.25, 0.3) is 11.0 Å². The van der Waals surface area contributed by atoms with Crippen LogP contribution in [0.2, 0.25) is 0 Å². The van der Waals surface area contributed by atoms with E-state index in [-0.39, 0.29) is 23.8 Å². The van der Waals surface area contributed by atoms with Crippen LogP contribution in [0.4, 0.5) is 14.9 Å². The number of hydrogen-bond acceptors (Lipinski definition) is 6. The number of methoxy groups -OCH3 is 1. The summed E-state index contributed by atoms with van der Waals surface area (Å²) in [7, 11) is 1.51. The fraction of sp³-hybridized carbons (Fsp3) is 0.360. The van der Waals surface area contributed by atoms with Gasteiger partial charge in [0.15, 0.2) is 0 Å². The molecular weight excluding hydrogens is 455 g/mol. The van der Waals surface area contributed by atoms with Crippen LogP contribution in [0, 0.1) is 12.7 Å². The summed E-state index contributed by atoms with van der Waals surface area (Å²) in [4.78, 5) is 45.6. The van der Waals surface area contributed by atoms with Gasteiger partial charge in [0.2, 0.25) is 5.91 Å². The van der Waals surface area contributed by atoms with E-state index >= 15 is 0 Å². The number of ether oxygens (including phenoxy) is 2. The minimum Gasteiger partial charge on any atom is -0.495 e. The third kappa shape index (κ3) is 4.20. The normalized spacial score (nSPS) is 17.2. The van der Waals surface area contributed by atoms with Gasteiger partial charge in [0, 0.05) is 38.1 Å². The van der Waals surface area contributed by atoms with Gasteiger partial charge in [0.25, 0.3) is 5.56 Å². The molecule has 10 heteroatoms. The monoisotopic (exact) mass is 480 g/mol. The molecule has 5 rings (SSSR count). The lowest BCUT2D eigenvalue weighted by Crippen LogP contribution is -2.49. The minimum atomic E-state index is -0.733. The summed E-state index contributed by atoms with van der Waals surface area (Å²) in [6.07, 6.45) is 1.95. The highest BCUT2D eigenvalue weighted by Crippen LogP contribution is 2.36. The molecule has 2 aliphatic heterocycles. The van der Waals surface area contributed by atoms with Crippen molar-refractivity contribution in [2.75, 3.05) is 31.6 Å². The van der Waals surface area contributed by atoms with Crippen molar-refractivity contribution in [1.82, 2.24) is 14.5 Å². The van der Waals surface area contributed by atoms with Crippen molar-refractivity contribution in [3.05, 3.63) is 64.3 Å². The molecule has 0 radical (unpaired) electrons. The summed E-state index contributed by atoms with van der Waals surface area (Å²) in [6, 6.07) is 9.35. The first-order chi connectivity index (χ1) is 16.8. The number of nitrogens with zero attached hydrogens (tertiary/aromatic N) is 4. The molecule has 3 aromatic rings. The SMILES string of the molecule is COc1cnc2ccc(=O)n(CC(=O)N3CCC4(CC3)CN(c3ccc(C)c(F)c3)C(=O)O4)c2c1. The van der Waals surface area contributed by atoms with Crippen molar-refractivity contribution < 1.29 is 23.5 Å². The highest BCUT2D eigenvalue weighted by molar-refractivity contribution is 5.90. The number of benzene rings is 1. The molecule has 1 spiro atoms. The predicted molar refractivity (Wildman–Crippen MR) is 126 cm³/mol. The van der Waals surface area contributed by atoms with Crippen molar-refractivity contribution >= 4 is 28.7 Å². The highest BCUT2D eigenvalue weighted by Gasteiger charge is 2.48. The first kappa shape index (κ1) is 22.8. The van der Waals surface area contributed by atoms with Gasteiger partial charge in [-0.1, -0.05) is 6.07 Å². The number of piperidine rings is 1. The van der Waals surface area contributed by atoms with E-state index in [1.165, 1.54) is 28.7 Å².